The SMILES string of the molecule is CC(=O)SC1CCC2(C=C1C(=O)O)O[C@@H](COC(=O)c1ccccc1)[C@H](COC(=O)c1ccccc1)O2. The first-order valence-electron chi connectivity index (χ1n) is 11.7. The maximum atomic E-state index is 12.5. The van der Waals surface area contributed by atoms with Crippen LogP contribution in [0.4, 0.5) is 0 Å². The Hall–Kier alpha value is -3.47. The summed E-state index contributed by atoms with van der Waals surface area (Å²) in [4.78, 5) is 48.5. The normalized spacial score (nSPS) is 22.2. The predicted octanol–water partition coefficient (Wildman–Crippen LogP) is 3.63. The molecule has 2 aromatic rings. The third-order valence-corrected chi connectivity index (χ3v) is 7.03. The summed E-state index contributed by atoms with van der Waals surface area (Å²) in [5.74, 6) is -3.73. The van der Waals surface area contributed by atoms with Gasteiger partial charge in [-0.3, -0.25) is 4.79 Å². The Morgan fingerprint density at radius 2 is 1.38 bits per heavy atom. The molecular formula is C27H26O9S. The molecule has 0 bridgehead atoms. The second-order valence-corrected chi connectivity index (χ2v) is 9.97. The van der Waals surface area contributed by atoms with Gasteiger partial charge in [-0.15, -0.1) is 0 Å². The van der Waals surface area contributed by atoms with Gasteiger partial charge in [0.25, 0.3) is 0 Å². The summed E-state index contributed by atoms with van der Waals surface area (Å²) in [6, 6.07) is 16.9. The van der Waals surface area contributed by atoms with Crippen LogP contribution in [0.3, 0.4) is 0 Å². The van der Waals surface area contributed by atoms with Gasteiger partial charge in [0, 0.05) is 18.6 Å². The van der Waals surface area contributed by atoms with E-state index in [0.717, 1.165) is 11.8 Å². The number of esters is 2. The van der Waals surface area contributed by atoms with Crippen LogP contribution < -0.4 is 0 Å². The molecule has 0 radical (unpaired) electrons. The van der Waals surface area contributed by atoms with Gasteiger partial charge in [-0.05, 0) is 36.8 Å². The number of hydrogen-bond donors (Lipinski definition) is 1. The second-order valence-electron chi connectivity index (χ2n) is 8.59. The van der Waals surface area contributed by atoms with Crippen molar-refractivity contribution in [1.82, 2.24) is 0 Å². The molecule has 3 atom stereocenters. The molecule has 1 fully saturated rings. The summed E-state index contributed by atoms with van der Waals surface area (Å²) in [6.45, 7) is 0.973. The fourth-order valence-electron chi connectivity index (χ4n) is 4.20. The highest BCUT2D eigenvalue weighted by molar-refractivity contribution is 8.14. The van der Waals surface area contributed by atoms with Crippen molar-refractivity contribution in [2.75, 3.05) is 13.2 Å². The zero-order valence-corrected chi connectivity index (χ0v) is 20.8. The second kappa shape index (κ2) is 11.7. The van der Waals surface area contributed by atoms with Crippen molar-refractivity contribution < 1.29 is 43.2 Å². The molecule has 0 aromatic heterocycles. The molecule has 0 saturated carbocycles. The minimum absolute atomic E-state index is 0.00610. The molecule has 1 N–H and O–H groups in total. The van der Waals surface area contributed by atoms with Crippen molar-refractivity contribution in [3.8, 4) is 0 Å². The Morgan fingerprint density at radius 3 is 1.81 bits per heavy atom. The molecule has 4 rings (SSSR count). The van der Waals surface area contributed by atoms with Crippen LogP contribution in [0.25, 0.3) is 0 Å². The molecule has 1 heterocycles. The Bertz CT molecular complexity index is 1120. The average Bonchev–Trinajstić information content (AvgIpc) is 3.24. The maximum absolute atomic E-state index is 12.5. The summed E-state index contributed by atoms with van der Waals surface area (Å²) >= 11 is 0.941. The topological polar surface area (TPSA) is 125 Å². The monoisotopic (exact) mass is 526 g/mol. The highest BCUT2D eigenvalue weighted by Crippen LogP contribution is 2.42. The van der Waals surface area contributed by atoms with Gasteiger partial charge in [-0.2, -0.15) is 0 Å². The highest BCUT2D eigenvalue weighted by Gasteiger charge is 2.50. The van der Waals surface area contributed by atoms with Crippen molar-refractivity contribution in [3.05, 3.63) is 83.4 Å². The van der Waals surface area contributed by atoms with Crippen molar-refractivity contribution >= 4 is 34.8 Å². The number of benzene rings is 2. The van der Waals surface area contributed by atoms with Crippen LogP contribution in [-0.4, -0.2) is 64.6 Å². The fraction of sp³-hybridized carbons (Fsp3) is 0.333. The van der Waals surface area contributed by atoms with Crippen molar-refractivity contribution in [1.29, 1.82) is 0 Å². The zero-order valence-electron chi connectivity index (χ0n) is 20.0. The molecule has 1 aliphatic heterocycles. The first-order chi connectivity index (χ1) is 17.8. The number of thioether (sulfide) groups is 1. The van der Waals surface area contributed by atoms with E-state index >= 15 is 0 Å². The number of carboxylic acid groups (broad SMARTS) is 1. The van der Waals surface area contributed by atoms with E-state index < -0.39 is 41.2 Å². The van der Waals surface area contributed by atoms with Gasteiger partial charge >= 0.3 is 17.9 Å². The lowest BCUT2D eigenvalue weighted by Gasteiger charge is -2.32. The maximum Gasteiger partial charge on any atom is 0.338 e. The first kappa shape index (κ1) is 26.6. The van der Waals surface area contributed by atoms with E-state index in [4.69, 9.17) is 18.9 Å². The number of hydrogen-bond acceptors (Lipinski definition) is 9. The number of carbonyl (C=O) groups is 4. The molecule has 2 aromatic carbocycles. The Labute approximate surface area is 217 Å². The van der Waals surface area contributed by atoms with Crippen LogP contribution in [0.15, 0.2) is 72.3 Å². The zero-order chi connectivity index (χ0) is 26.4. The van der Waals surface area contributed by atoms with E-state index in [1.54, 1.807) is 60.7 Å². The number of rotatable bonds is 8. The van der Waals surface area contributed by atoms with Crippen molar-refractivity contribution in [2.24, 2.45) is 0 Å². The van der Waals surface area contributed by atoms with Crippen LogP contribution >= 0.6 is 11.8 Å². The van der Waals surface area contributed by atoms with E-state index in [9.17, 15) is 24.3 Å². The van der Waals surface area contributed by atoms with Gasteiger partial charge in [-0.25, -0.2) is 14.4 Å². The fourth-order valence-corrected chi connectivity index (χ4v) is 5.14. The smallest absolute Gasteiger partial charge is 0.338 e. The number of carboxylic acids is 1. The molecule has 2 aliphatic rings. The third kappa shape index (κ3) is 6.65. The molecule has 1 unspecified atom stereocenters. The molecular weight excluding hydrogens is 500 g/mol. The lowest BCUT2D eigenvalue weighted by molar-refractivity contribution is -0.153. The van der Waals surface area contributed by atoms with Crippen LogP contribution in [0.2, 0.25) is 0 Å². The molecule has 194 valence electrons. The van der Waals surface area contributed by atoms with E-state index in [0.29, 0.717) is 17.5 Å². The molecule has 37 heavy (non-hydrogen) atoms. The van der Waals surface area contributed by atoms with Crippen LogP contribution in [-0.2, 0) is 28.5 Å². The number of ether oxygens (including phenoxy) is 4. The van der Waals surface area contributed by atoms with Crippen LogP contribution in [0.1, 0.15) is 40.5 Å². The Kier molecular flexibility index (Phi) is 8.42. The van der Waals surface area contributed by atoms with Gasteiger partial charge in [-0.1, -0.05) is 48.2 Å². The summed E-state index contributed by atoms with van der Waals surface area (Å²) in [6.07, 6.45) is 0.278. The van der Waals surface area contributed by atoms with Crippen LogP contribution in [0.5, 0.6) is 0 Å². The van der Waals surface area contributed by atoms with Crippen molar-refractivity contribution in [3.63, 3.8) is 0 Å². The average molecular weight is 527 g/mol. The standard InChI is InChI=1S/C27H26O9S/c1-17(28)37-23-12-13-27(14-20(23)24(29)30)35-21(15-33-25(31)18-8-4-2-5-9-18)22(36-27)16-34-26(32)19-10-6-3-7-11-19/h2-11,14,21-23H,12-13,15-16H2,1H3,(H,29,30)/t21-,22-,23?/m0/s1. The molecule has 9 nitrogen and oxygen atoms in total. The summed E-state index contributed by atoms with van der Waals surface area (Å²) in [7, 11) is 0. The van der Waals surface area contributed by atoms with Gasteiger partial charge in [0.1, 0.15) is 25.4 Å². The molecule has 10 heteroatoms. The van der Waals surface area contributed by atoms with E-state index in [-0.39, 0.29) is 30.3 Å². The van der Waals surface area contributed by atoms with E-state index in [1.807, 2.05) is 0 Å². The summed E-state index contributed by atoms with van der Waals surface area (Å²) < 4.78 is 23.2. The quantitative estimate of drug-likeness (QED) is 0.510. The van der Waals surface area contributed by atoms with E-state index in [1.165, 1.54) is 13.0 Å². The lowest BCUT2D eigenvalue weighted by Crippen LogP contribution is -2.37. The molecule has 0 amide bonds. The molecule has 1 aliphatic carbocycles. The molecule has 1 spiro atoms. The minimum atomic E-state index is -1.42. The van der Waals surface area contributed by atoms with Crippen molar-refractivity contribution in [2.45, 2.75) is 43.0 Å². The largest absolute Gasteiger partial charge is 0.478 e. The van der Waals surface area contributed by atoms with Crippen LogP contribution in [0, 0.1) is 0 Å². The minimum Gasteiger partial charge on any atom is -0.478 e. The van der Waals surface area contributed by atoms with Gasteiger partial charge in [0.2, 0.25) is 0 Å². The Balaban J connectivity index is 1.52. The lowest BCUT2D eigenvalue weighted by atomic mass is 9.94. The Morgan fingerprint density at radius 1 is 0.892 bits per heavy atom. The number of carbonyl (C=O) groups excluding carboxylic acids is 3. The van der Waals surface area contributed by atoms with E-state index in [2.05, 4.69) is 0 Å². The first-order valence-corrected chi connectivity index (χ1v) is 12.6. The number of aliphatic carboxylic acids is 1. The van der Waals surface area contributed by atoms with Gasteiger partial charge in [0.15, 0.2) is 10.9 Å². The highest BCUT2D eigenvalue weighted by atomic mass is 32.2. The van der Waals surface area contributed by atoms with Gasteiger partial charge in [0.05, 0.1) is 16.7 Å². The van der Waals surface area contributed by atoms with Gasteiger partial charge < -0.3 is 24.1 Å². The summed E-state index contributed by atoms with van der Waals surface area (Å²) in [5.41, 5.74) is 0.712. The third-order valence-electron chi connectivity index (χ3n) is 5.93. The summed E-state index contributed by atoms with van der Waals surface area (Å²) in [5, 5.41) is 9.02. The molecule has 1 saturated heterocycles. The predicted molar refractivity (Wildman–Crippen MR) is 133 cm³/mol.